The zero-order chi connectivity index (χ0) is 11.8. The number of carbonyl (C=O) groups excluding carboxylic acids is 1. The second-order valence-corrected chi connectivity index (χ2v) is 4.50. The highest BCUT2D eigenvalue weighted by molar-refractivity contribution is 5.76. The first-order chi connectivity index (χ1) is 7.01. The summed E-state index contributed by atoms with van der Waals surface area (Å²) in [6.07, 6.45) is 3.31. The molecule has 0 aromatic heterocycles. The van der Waals surface area contributed by atoms with Crippen molar-refractivity contribution in [2.45, 2.75) is 26.7 Å². The Morgan fingerprint density at radius 3 is 2.53 bits per heavy atom. The second-order valence-electron chi connectivity index (χ2n) is 4.50. The molecule has 0 spiro atoms. The van der Waals surface area contributed by atoms with Crippen molar-refractivity contribution >= 4 is 5.91 Å². The van der Waals surface area contributed by atoms with Gasteiger partial charge in [0.15, 0.2) is 0 Å². The minimum Gasteiger partial charge on any atom is -0.342 e. The fraction of sp³-hybridized carbons (Fsp3) is 0.750. The SMILES string of the molecule is C=CCN(C)C(=O)C[C@@H](CN)CC(C)C. The van der Waals surface area contributed by atoms with E-state index in [1.165, 1.54) is 0 Å². The molecular weight excluding hydrogens is 188 g/mol. The number of hydrogen-bond donors (Lipinski definition) is 1. The van der Waals surface area contributed by atoms with E-state index >= 15 is 0 Å². The Balaban J connectivity index is 4.05. The normalized spacial score (nSPS) is 12.6. The molecule has 15 heavy (non-hydrogen) atoms. The van der Waals surface area contributed by atoms with Gasteiger partial charge < -0.3 is 10.6 Å². The Labute approximate surface area is 93.3 Å². The van der Waals surface area contributed by atoms with Gasteiger partial charge in [0.2, 0.25) is 5.91 Å². The average molecular weight is 212 g/mol. The van der Waals surface area contributed by atoms with Crippen LogP contribution in [0.15, 0.2) is 12.7 Å². The number of nitrogens with zero attached hydrogens (tertiary/aromatic N) is 1. The van der Waals surface area contributed by atoms with Crippen LogP contribution in [-0.4, -0.2) is 30.9 Å². The van der Waals surface area contributed by atoms with Gasteiger partial charge in [-0.1, -0.05) is 19.9 Å². The Morgan fingerprint density at radius 1 is 1.53 bits per heavy atom. The maximum Gasteiger partial charge on any atom is 0.222 e. The van der Waals surface area contributed by atoms with Crippen LogP contribution in [0.25, 0.3) is 0 Å². The molecule has 1 amide bonds. The largest absolute Gasteiger partial charge is 0.342 e. The van der Waals surface area contributed by atoms with E-state index in [2.05, 4.69) is 20.4 Å². The molecule has 0 unspecified atom stereocenters. The number of carbonyl (C=O) groups is 1. The van der Waals surface area contributed by atoms with E-state index in [0.717, 1.165) is 6.42 Å². The molecular formula is C12H24N2O. The molecule has 0 aliphatic rings. The van der Waals surface area contributed by atoms with Crippen LogP contribution in [0.2, 0.25) is 0 Å². The first kappa shape index (κ1) is 14.2. The third-order valence-electron chi connectivity index (χ3n) is 2.43. The van der Waals surface area contributed by atoms with Crippen LogP contribution in [0.4, 0.5) is 0 Å². The van der Waals surface area contributed by atoms with Gasteiger partial charge in [-0.15, -0.1) is 6.58 Å². The second kappa shape index (κ2) is 7.46. The highest BCUT2D eigenvalue weighted by Gasteiger charge is 2.16. The first-order valence-electron chi connectivity index (χ1n) is 5.56. The van der Waals surface area contributed by atoms with E-state index in [1.54, 1.807) is 18.0 Å². The van der Waals surface area contributed by atoms with Gasteiger partial charge >= 0.3 is 0 Å². The molecule has 0 aliphatic carbocycles. The fourth-order valence-corrected chi connectivity index (χ4v) is 1.63. The minimum atomic E-state index is 0.158. The van der Waals surface area contributed by atoms with Crippen molar-refractivity contribution in [3.63, 3.8) is 0 Å². The van der Waals surface area contributed by atoms with Crippen molar-refractivity contribution < 1.29 is 4.79 Å². The van der Waals surface area contributed by atoms with E-state index in [4.69, 9.17) is 5.73 Å². The molecule has 3 heteroatoms. The summed E-state index contributed by atoms with van der Waals surface area (Å²) in [5.74, 6) is 1.06. The van der Waals surface area contributed by atoms with Gasteiger partial charge in [-0.05, 0) is 24.8 Å². The summed E-state index contributed by atoms with van der Waals surface area (Å²) >= 11 is 0. The van der Waals surface area contributed by atoms with E-state index < -0.39 is 0 Å². The third-order valence-corrected chi connectivity index (χ3v) is 2.43. The lowest BCUT2D eigenvalue weighted by atomic mass is 9.94. The predicted octanol–water partition coefficient (Wildman–Crippen LogP) is 1.64. The first-order valence-corrected chi connectivity index (χ1v) is 5.56. The molecule has 2 N–H and O–H groups in total. The number of rotatable bonds is 7. The third kappa shape index (κ3) is 6.28. The monoisotopic (exact) mass is 212 g/mol. The molecule has 88 valence electrons. The Kier molecular flexibility index (Phi) is 7.05. The van der Waals surface area contributed by atoms with E-state index in [9.17, 15) is 4.79 Å². The molecule has 0 saturated carbocycles. The number of nitrogens with two attached hydrogens (primary N) is 1. The van der Waals surface area contributed by atoms with Gasteiger partial charge in [0, 0.05) is 20.0 Å². The summed E-state index contributed by atoms with van der Waals surface area (Å²) in [5, 5.41) is 0. The molecule has 0 aromatic rings. The molecule has 0 saturated heterocycles. The molecule has 0 aliphatic heterocycles. The van der Waals surface area contributed by atoms with E-state index in [1.807, 2.05) is 0 Å². The predicted molar refractivity (Wildman–Crippen MR) is 64.5 cm³/mol. The minimum absolute atomic E-state index is 0.158. The summed E-state index contributed by atoms with van der Waals surface area (Å²) < 4.78 is 0. The Hall–Kier alpha value is -0.830. The Morgan fingerprint density at radius 2 is 2.13 bits per heavy atom. The topological polar surface area (TPSA) is 46.3 Å². The van der Waals surface area contributed by atoms with Crippen LogP contribution in [0.1, 0.15) is 26.7 Å². The van der Waals surface area contributed by atoms with Crippen molar-refractivity contribution in [2.24, 2.45) is 17.6 Å². The molecule has 0 bridgehead atoms. The number of hydrogen-bond acceptors (Lipinski definition) is 2. The quantitative estimate of drug-likeness (QED) is 0.652. The number of amides is 1. The zero-order valence-electron chi connectivity index (χ0n) is 10.2. The molecule has 0 fully saturated rings. The molecule has 1 atom stereocenters. The van der Waals surface area contributed by atoms with Crippen LogP contribution in [0, 0.1) is 11.8 Å². The van der Waals surface area contributed by atoms with Gasteiger partial charge in [-0.25, -0.2) is 0 Å². The van der Waals surface area contributed by atoms with Crippen molar-refractivity contribution in [3.05, 3.63) is 12.7 Å². The van der Waals surface area contributed by atoms with Crippen LogP contribution in [0.3, 0.4) is 0 Å². The molecule has 0 rings (SSSR count). The van der Waals surface area contributed by atoms with Crippen molar-refractivity contribution in [2.75, 3.05) is 20.1 Å². The van der Waals surface area contributed by atoms with Gasteiger partial charge in [-0.2, -0.15) is 0 Å². The van der Waals surface area contributed by atoms with Crippen LogP contribution in [0.5, 0.6) is 0 Å². The summed E-state index contributed by atoms with van der Waals surface area (Å²) in [6.45, 7) is 9.12. The van der Waals surface area contributed by atoms with Crippen molar-refractivity contribution in [1.29, 1.82) is 0 Å². The zero-order valence-corrected chi connectivity index (χ0v) is 10.2. The molecule has 0 radical (unpaired) electrons. The summed E-state index contributed by atoms with van der Waals surface area (Å²) in [5.41, 5.74) is 5.65. The highest BCUT2D eigenvalue weighted by atomic mass is 16.2. The average Bonchev–Trinajstić information content (AvgIpc) is 2.16. The standard InChI is InChI=1S/C12H24N2O/c1-5-6-14(4)12(15)8-11(9-13)7-10(2)3/h5,10-11H,1,6-9,13H2,2-4H3/t11-/m0/s1. The summed E-state index contributed by atoms with van der Waals surface area (Å²) in [7, 11) is 1.80. The maximum atomic E-state index is 11.7. The van der Waals surface area contributed by atoms with E-state index in [0.29, 0.717) is 31.3 Å². The van der Waals surface area contributed by atoms with Crippen LogP contribution < -0.4 is 5.73 Å². The summed E-state index contributed by atoms with van der Waals surface area (Å²) in [6, 6.07) is 0. The molecule has 0 aromatic carbocycles. The van der Waals surface area contributed by atoms with Gasteiger partial charge in [0.1, 0.15) is 0 Å². The highest BCUT2D eigenvalue weighted by Crippen LogP contribution is 2.15. The molecule has 0 heterocycles. The van der Waals surface area contributed by atoms with E-state index in [-0.39, 0.29) is 5.91 Å². The Bertz CT molecular complexity index is 202. The van der Waals surface area contributed by atoms with Gasteiger partial charge in [-0.3, -0.25) is 4.79 Å². The lowest BCUT2D eigenvalue weighted by Crippen LogP contribution is -2.30. The van der Waals surface area contributed by atoms with Gasteiger partial charge in [0.05, 0.1) is 0 Å². The number of likely N-dealkylation sites (N-methyl/N-ethyl adjacent to an activating group) is 1. The van der Waals surface area contributed by atoms with Crippen LogP contribution >= 0.6 is 0 Å². The lowest BCUT2D eigenvalue weighted by Gasteiger charge is -2.20. The van der Waals surface area contributed by atoms with Crippen LogP contribution in [-0.2, 0) is 4.79 Å². The van der Waals surface area contributed by atoms with Crippen molar-refractivity contribution in [3.8, 4) is 0 Å². The summed E-state index contributed by atoms with van der Waals surface area (Å²) in [4.78, 5) is 13.4. The lowest BCUT2D eigenvalue weighted by molar-refractivity contribution is -0.130. The maximum absolute atomic E-state index is 11.7. The smallest absolute Gasteiger partial charge is 0.222 e. The van der Waals surface area contributed by atoms with Gasteiger partial charge in [0.25, 0.3) is 0 Å². The van der Waals surface area contributed by atoms with Crippen molar-refractivity contribution in [1.82, 2.24) is 4.90 Å². The fourth-order valence-electron chi connectivity index (χ4n) is 1.63. The molecule has 3 nitrogen and oxygen atoms in total.